The summed E-state index contributed by atoms with van der Waals surface area (Å²) in [6, 6.07) is 0. The van der Waals surface area contributed by atoms with Crippen molar-refractivity contribution in [1.82, 2.24) is 15.0 Å². The smallest absolute Gasteiger partial charge is 0.240 e. The predicted molar refractivity (Wildman–Crippen MR) is 40.2 cm³/mol. The predicted octanol–water partition coefficient (Wildman–Crippen LogP) is -0.506. The van der Waals surface area contributed by atoms with Crippen LogP contribution in [0.2, 0.25) is 0 Å². The Balaban J connectivity index is 1.77. The minimum atomic E-state index is 0.278. The van der Waals surface area contributed by atoms with E-state index in [2.05, 4.69) is 15.0 Å². The third-order valence-corrected chi connectivity index (χ3v) is 2.06. The zero-order chi connectivity index (χ0) is 8.39. The van der Waals surface area contributed by atoms with Crippen LogP contribution in [0.3, 0.4) is 0 Å². The van der Waals surface area contributed by atoms with Gasteiger partial charge < -0.3 is 9.63 Å². The number of rotatable bonds is 3. The Morgan fingerprint density at radius 3 is 3.08 bits per heavy atom. The Bertz CT molecular complexity index is 231. The number of hydrogen-bond acceptors (Lipinski definition) is 5. The number of aliphatic hydroxyl groups excluding tert-OH is 1. The van der Waals surface area contributed by atoms with E-state index >= 15 is 0 Å². The standard InChI is InChI=1S/C7H11N3O2/c11-4-6-1-10(2-6)3-7-8-5-9-12-7/h5-6,11H,1-4H2. The first-order valence-corrected chi connectivity index (χ1v) is 3.97. The zero-order valence-corrected chi connectivity index (χ0v) is 6.68. The van der Waals surface area contributed by atoms with E-state index in [0.29, 0.717) is 18.4 Å². The van der Waals surface area contributed by atoms with Gasteiger partial charge in [-0.3, -0.25) is 4.90 Å². The molecule has 2 rings (SSSR count). The van der Waals surface area contributed by atoms with Gasteiger partial charge in [0.15, 0.2) is 6.33 Å². The van der Waals surface area contributed by atoms with E-state index < -0.39 is 0 Å². The molecule has 0 atom stereocenters. The molecule has 0 radical (unpaired) electrons. The summed E-state index contributed by atoms with van der Waals surface area (Å²) in [7, 11) is 0. The molecular formula is C7H11N3O2. The highest BCUT2D eigenvalue weighted by atomic mass is 16.5. The van der Waals surface area contributed by atoms with Gasteiger partial charge in [-0.05, 0) is 0 Å². The van der Waals surface area contributed by atoms with Crippen LogP contribution in [-0.2, 0) is 6.54 Å². The van der Waals surface area contributed by atoms with Crippen LogP contribution in [0, 0.1) is 5.92 Å². The number of likely N-dealkylation sites (tertiary alicyclic amines) is 1. The van der Waals surface area contributed by atoms with Gasteiger partial charge >= 0.3 is 0 Å². The van der Waals surface area contributed by atoms with Gasteiger partial charge in [-0.25, -0.2) is 0 Å². The Morgan fingerprint density at radius 2 is 2.50 bits per heavy atom. The van der Waals surface area contributed by atoms with Gasteiger partial charge in [-0.2, -0.15) is 4.98 Å². The first-order valence-electron chi connectivity index (χ1n) is 3.97. The molecule has 1 N–H and O–H groups in total. The third-order valence-electron chi connectivity index (χ3n) is 2.06. The normalized spacial score (nSPS) is 19.4. The molecule has 0 unspecified atom stereocenters. The highest BCUT2D eigenvalue weighted by Crippen LogP contribution is 2.16. The summed E-state index contributed by atoms with van der Waals surface area (Å²) >= 11 is 0. The number of nitrogens with zero attached hydrogens (tertiary/aromatic N) is 3. The molecule has 1 aromatic heterocycles. The molecule has 1 fully saturated rings. The lowest BCUT2D eigenvalue weighted by molar-refractivity contribution is 0.0402. The molecule has 0 spiro atoms. The first-order chi connectivity index (χ1) is 5.88. The average molecular weight is 169 g/mol. The van der Waals surface area contributed by atoms with E-state index in [9.17, 15) is 0 Å². The highest BCUT2D eigenvalue weighted by Gasteiger charge is 2.26. The van der Waals surface area contributed by atoms with Gasteiger partial charge in [0.25, 0.3) is 0 Å². The van der Waals surface area contributed by atoms with Crippen molar-refractivity contribution in [2.24, 2.45) is 5.92 Å². The maximum absolute atomic E-state index is 8.75. The Kier molecular flexibility index (Phi) is 2.05. The van der Waals surface area contributed by atoms with Crippen LogP contribution in [0.1, 0.15) is 5.89 Å². The summed E-state index contributed by atoms with van der Waals surface area (Å²) < 4.78 is 4.84. The van der Waals surface area contributed by atoms with Crippen molar-refractivity contribution < 1.29 is 9.63 Å². The largest absolute Gasteiger partial charge is 0.396 e. The van der Waals surface area contributed by atoms with Crippen LogP contribution in [0.15, 0.2) is 10.9 Å². The van der Waals surface area contributed by atoms with Crippen LogP contribution in [-0.4, -0.2) is 39.8 Å². The van der Waals surface area contributed by atoms with E-state index in [0.717, 1.165) is 13.1 Å². The van der Waals surface area contributed by atoms with Crippen molar-refractivity contribution in [3.05, 3.63) is 12.2 Å². The maximum atomic E-state index is 8.75. The lowest BCUT2D eigenvalue weighted by atomic mass is 10.0. The summed E-state index contributed by atoms with van der Waals surface area (Å²) in [5.41, 5.74) is 0. The molecule has 0 aromatic carbocycles. The van der Waals surface area contributed by atoms with Crippen LogP contribution in [0.4, 0.5) is 0 Å². The monoisotopic (exact) mass is 169 g/mol. The minimum absolute atomic E-state index is 0.278. The number of hydrogen-bond donors (Lipinski definition) is 1. The fourth-order valence-electron chi connectivity index (χ4n) is 1.38. The van der Waals surface area contributed by atoms with Crippen LogP contribution in [0.25, 0.3) is 0 Å². The first kappa shape index (κ1) is 7.70. The van der Waals surface area contributed by atoms with Crippen LogP contribution < -0.4 is 0 Å². The fraction of sp³-hybridized carbons (Fsp3) is 0.714. The SMILES string of the molecule is OCC1CN(Cc2ncno2)C1. The molecule has 2 heterocycles. The molecule has 0 amide bonds. The molecule has 5 heteroatoms. The lowest BCUT2D eigenvalue weighted by Gasteiger charge is -2.36. The maximum Gasteiger partial charge on any atom is 0.240 e. The van der Waals surface area contributed by atoms with E-state index in [1.807, 2.05) is 0 Å². The highest BCUT2D eigenvalue weighted by molar-refractivity contribution is 4.83. The van der Waals surface area contributed by atoms with Crippen molar-refractivity contribution in [3.8, 4) is 0 Å². The number of aromatic nitrogens is 2. The third kappa shape index (κ3) is 1.46. The van der Waals surface area contributed by atoms with Gasteiger partial charge in [-0.1, -0.05) is 5.16 Å². The molecular weight excluding hydrogens is 158 g/mol. The second-order valence-electron chi connectivity index (χ2n) is 3.08. The second-order valence-corrected chi connectivity index (χ2v) is 3.08. The van der Waals surface area contributed by atoms with Crippen LogP contribution in [0.5, 0.6) is 0 Å². The molecule has 5 nitrogen and oxygen atoms in total. The van der Waals surface area contributed by atoms with Gasteiger partial charge in [0.1, 0.15) is 0 Å². The van der Waals surface area contributed by atoms with E-state index in [-0.39, 0.29) is 6.61 Å². The Labute approximate surface area is 70.0 Å². The molecule has 0 aliphatic carbocycles. The molecule has 1 aromatic rings. The van der Waals surface area contributed by atoms with E-state index in [1.54, 1.807) is 0 Å². The molecule has 0 bridgehead atoms. The molecule has 1 aliphatic rings. The summed E-state index contributed by atoms with van der Waals surface area (Å²) in [4.78, 5) is 6.07. The molecule has 1 saturated heterocycles. The topological polar surface area (TPSA) is 62.4 Å². The van der Waals surface area contributed by atoms with E-state index in [1.165, 1.54) is 6.33 Å². The fourth-order valence-corrected chi connectivity index (χ4v) is 1.38. The summed E-state index contributed by atoms with van der Waals surface area (Å²) in [6.07, 6.45) is 1.40. The molecule has 0 saturated carbocycles. The molecule has 66 valence electrons. The van der Waals surface area contributed by atoms with Crippen molar-refractivity contribution in [2.45, 2.75) is 6.54 Å². The van der Waals surface area contributed by atoms with E-state index in [4.69, 9.17) is 9.63 Å². The molecule has 1 aliphatic heterocycles. The zero-order valence-electron chi connectivity index (χ0n) is 6.68. The van der Waals surface area contributed by atoms with Crippen molar-refractivity contribution in [3.63, 3.8) is 0 Å². The Hall–Kier alpha value is -0.940. The summed E-state index contributed by atoms with van der Waals surface area (Å²) in [5, 5.41) is 12.3. The lowest BCUT2D eigenvalue weighted by Crippen LogP contribution is -2.47. The van der Waals surface area contributed by atoms with Gasteiger partial charge in [0.2, 0.25) is 5.89 Å². The second kappa shape index (κ2) is 3.20. The van der Waals surface area contributed by atoms with Crippen molar-refractivity contribution in [1.29, 1.82) is 0 Å². The van der Waals surface area contributed by atoms with Gasteiger partial charge in [-0.15, -0.1) is 0 Å². The average Bonchev–Trinajstić information content (AvgIpc) is 2.47. The minimum Gasteiger partial charge on any atom is -0.396 e. The van der Waals surface area contributed by atoms with Crippen molar-refractivity contribution >= 4 is 0 Å². The quantitative estimate of drug-likeness (QED) is 0.660. The van der Waals surface area contributed by atoms with Gasteiger partial charge in [0.05, 0.1) is 6.54 Å². The number of aliphatic hydroxyl groups is 1. The summed E-state index contributed by atoms with van der Waals surface area (Å²) in [5.74, 6) is 1.08. The van der Waals surface area contributed by atoms with Crippen molar-refractivity contribution in [2.75, 3.05) is 19.7 Å². The van der Waals surface area contributed by atoms with Gasteiger partial charge in [0, 0.05) is 25.6 Å². The Morgan fingerprint density at radius 1 is 1.67 bits per heavy atom. The molecule has 12 heavy (non-hydrogen) atoms. The summed E-state index contributed by atoms with van der Waals surface area (Å²) in [6.45, 7) is 2.84. The van der Waals surface area contributed by atoms with Crippen LogP contribution >= 0.6 is 0 Å².